The molecule has 1 N–H and O–H groups in total. The Balaban J connectivity index is 1.73. The Morgan fingerprint density at radius 1 is 1.19 bits per heavy atom. The summed E-state index contributed by atoms with van der Waals surface area (Å²) in [6, 6.07) is 18.7. The normalized spacial score (nSPS) is 11.3. The average Bonchev–Trinajstić information content (AvgIpc) is 3.03. The van der Waals surface area contributed by atoms with E-state index in [4.69, 9.17) is 0 Å². The molecular weight excluding hydrogens is 457 g/mol. The molecule has 6 heteroatoms. The molecule has 158 valence electrons. The van der Waals surface area contributed by atoms with Crippen LogP contribution in [0, 0.1) is 31.0 Å². The van der Waals surface area contributed by atoms with Gasteiger partial charge in [-0.1, -0.05) is 46.3 Å². The van der Waals surface area contributed by atoms with Crippen molar-refractivity contribution in [2.45, 2.75) is 26.7 Å². The van der Waals surface area contributed by atoms with Gasteiger partial charge < -0.3 is 9.88 Å². The van der Waals surface area contributed by atoms with Gasteiger partial charge in [-0.15, -0.1) is 0 Å². The first kappa shape index (κ1) is 22.5. The molecule has 0 aliphatic heterocycles. The average molecular weight is 480 g/mol. The summed E-state index contributed by atoms with van der Waals surface area (Å²) in [6.45, 7) is 4.18. The van der Waals surface area contributed by atoms with Gasteiger partial charge in [0.25, 0.3) is 5.91 Å². The molecule has 2 aromatic carbocycles. The fraction of sp³-hybridized carbons (Fsp3) is 0.200. The molecule has 1 aromatic heterocycles. The predicted octanol–water partition coefficient (Wildman–Crippen LogP) is 5.65. The first-order valence-electron chi connectivity index (χ1n) is 9.99. The highest BCUT2D eigenvalue weighted by Crippen LogP contribution is 2.26. The van der Waals surface area contributed by atoms with Crippen molar-refractivity contribution in [3.05, 3.63) is 93.0 Å². The van der Waals surface area contributed by atoms with Crippen LogP contribution in [0.4, 0.5) is 4.39 Å². The third kappa shape index (κ3) is 5.50. The van der Waals surface area contributed by atoms with E-state index >= 15 is 0 Å². The van der Waals surface area contributed by atoms with Crippen LogP contribution in [0.2, 0.25) is 0 Å². The molecule has 1 heterocycles. The molecule has 3 rings (SSSR count). The molecule has 0 fully saturated rings. The Morgan fingerprint density at radius 3 is 2.61 bits per heavy atom. The number of aryl methyl sites for hydroxylation is 2. The van der Waals surface area contributed by atoms with Gasteiger partial charge in [-0.3, -0.25) is 4.79 Å². The molecule has 0 bridgehead atoms. The predicted molar refractivity (Wildman–Crippen MR) is 124 cm³/mol. The van der Waals surface area contributed by atoms with Gasteiger partial charge in [0.15, 0.2) is 0 Å². The van der Waals surface area contributed by atoms with Gasteiger partial charge in [-0.25, -0.2) is 4.39 Å². The zero-order valence-electron chi connectivity index (χ0n) is 17.5. The third-order valence-electron chi connectivity index (χ3n) is 5.06. The van der Waals surface area contributed by atoms with Crippen molar-refractivity contribution in [1.29, 1.82) is 5.26 Å². The first-order chi connectivity index (χ1) is 14.9. The fourth-order valence-electron chi connectivity index (χ4n) is 3.51. The van der Waals surface area contributed by atoms with Crippen LogP contribution in [0.15, 0.2) is 64.6 Å². The molecule has 0 spiro atoms. The van der Waals surface area contributed by atoms with Crippen molar-refractivity contribution in [3.8, 4) is 11.8 Å². The zero-order chi connectivity index (χ0) is 22.4. The third-order valence-corrected chi connectivity index (χ3v) is 5.55. The van der Waals surface area contributed by atoms with Crippen molar-refractivity contribution in [1.82, 2.24) is 9.88 Å². The Hall–Kier alpha value is -3.17. The van der Waals surface area contributed by atoms with Gasteiger partial charge >= 0.3 is 0 Å². The van der Waals surface area contributed by atoms with E-state index in [1.165, 1.54) is 11.6 Å². The topological polar surface area (TPSA) is 57.8 Å². The minimum Gasteiger partial charge on any atom is -0.351 e. The van der Waals surface area contributed by atoms with Crippen LogP contribution in [0.3, 0.4) is 0 Å². The first-order valence-corrected chi connectivity index (χ1v) is 10.8. The number of nitrogens with one attached hydrogen (secondary N) is 1. The van der Waals surface area contributed by atoms with Gasteiger partial charge in [0.2, 0.25) is 0 Å². The lowest BCUT2D eigenvalue weighted by atomic mass is 10.1. The van der Waals surface area contributed by atoms with Crippen molar-refractivity contribution >= 4 is 27.9 Å². The maximum atomic E-state index is 14.5. The number of halogens is 2. The van der Waals surface area contributed by atoms with E-state index < -0.39 is 5.91 Å². The van der Waals surface area contributed by atoms with Crippen LogP contribution >= 0.6 is 15.9 Å². The number of hydrogen-bond donors (Lipinski definition) is 1. The number of benzene rings is 2. The number of rotatable bonds is 7. The molecule has 0 radical (unpaired) electrons. The van der Waals surface area contributed by atoms with Gasteiger partial charge in [0.05, 0.1) is 5.69 Å². The largest absolute Gasteiger partial charge is 0.351 e. The van der Waals surface area contributed by atoms with E-state index in [2.05, 4.69) is 21.2 Å². The summed E-state index contributed by atoms with van der Waals surface area (Å²) in [6.07, 6.45) is 3.20. The second-order valence-electron chi connectivity index (χ2n) is 7.27. The smallest absolute Gasteiger partial charge is 0.261 e. The molecule has 0 saturated heterocycles. The summed E-state index contributed by atoms with van der Waals surface area (Å²) in [5, 5.41) is 12.3. The highest BCUT2D eigenvalue weighted by atomic mass is 79.9. The molecule has 0 saturated carbocycles. The highest BCUT2D eigenvalue weighted by Gasteiger charge is 2.15. The molecule has 4 nitrogen and oxygen atoms in total. The second-order valence-corrected chi connectivity index (χ2v) is 8.19. The van der Waals surface area contributed by atoms with Crippen LogP contribution < -0.4 is 5.32 Å². The number of nitriles is 1. The van der Waals surface area contributed by atoms with E-state index in [1.54, 1.807) is 22.8 Å². The Kier molecular flexibility index (Phi) is 7.43. The van der Waals surface area contributed by atoms with E-state index in [0.29, 0.717) is 22.3 Å². The molecule has 31 heavy (non-hydrogen) atoms. The highest BCUT2D eigenvalue weighted by molar-refractivity contribution is 9.10. The lowest BCUT2D eigenvalue weighted by Gasteiger charge is -2.11. The number of amides is 1. The van der Waals surface area contributed by atoms with Crippen molar-refractivity contribution in [2.75, 3.05) is 6.54 Å². The monoisotopic (exact) mass is 479 g/mol. The van der Waals surface area contributed by atoms with Crippen LogP contribution in [0.25, 0.3) is 11.8 Å². The zero-order valence-corrected chi connectivity index (χ0v) is 19.0. The van der Waals surface area contributed by atoms with Crippen LogP contribution in [0.1, 0.15) is 28.9 Å². The lowest BCUT2D eigenvalue weighted by molar-refractivity contribution is -0.117. The van der Waals surface area contributed by atoms with Gasteiger partial charge in [0.1, 0.15) is 17.5 Å². The van der Waals surface area contributed by atoms with Crippen molar-refractivity contribution < 1.29 is 9.18 Å². The van der Waals surface area contributed by atoms with Gasteiger partial charge in [-0.2, -0.15) is 5.26 Å². The quantitative estimate of drug-likeness (QED) is 0.270. The fourth-order valence-corrected chi connectivity index (χ4v) is 3.84. The summed E-state index contributed by atoms with van der Waals surface area (Å²) in [7, 11) is 0. The maximum Gasteiger partial charge on any atom is 0.261 e. The Bertz CT molecular complexity index is 1160. The summed E-state index contributed by atoms with van der Waals surface area (Å²) >= 11 is 3.27. The van der Waals surface area contributed by atoms with E-state index in [0.717, 1.165) is 24.2 Å². The number of hydrogen-bond acceptors (Lipinski definition) is 2. The second kappa shape index (κ2) is 10.2. The number of nitrogens with zero attached hydrogens (tertiary/aromatic N) is 2. The van der Waals surface area contributed by atoms with Crippen LogP contribution in [-0.4, -0.2) is 17.0 Å². The molecule has 3 aromatic rings. The molecule has 0 atom stereocenters. The molecular formula is C25H23BrFN3O. The minimum absolute atomic E-state index is 0.0243. The number of aromatic nitrogens is 1. The van der Waals surface area contributed by atoms with Gasteiger partial charge in [-0.05, 0) is 68.2 Å². The van der Waals surface area contributed by atoms with Gasteiger partial charge in [0, 0.05) is 22.4 Å². The Labute approximate surface area is 190 Å². The summed E-state index contributed by atoms with van der Waals surface area (Å²) < 4.78 is 16.9. The van der Waals surface area contributed by atoms with Crippen LogP contribution in [-0.2, 0) is 11.2 Å². The van der Waals surface area contributed by atoms with Crippen LogP contribution in [0.5, 0.6) is 0 Å². The minimum atomic E-state index is -0.407. The molecule has 0 aliphatic rings. The van der Waals surface area contributed by atoms with Crippen molar-refractivity contribution in [2.24, 2.45) is 0 Å². The molecule has 0 aliphatic carbocycles. The summed E-state index contributed by atoms with van der Waals surface area (Å²) in [5.74, 6) is -0.765. The maximum absolute atomic E-state index is 14.5. The van der Waals surface area contributed by atoms with E-state index in [9.17, 15) is 14.4 Å². The molecule has 0 unspecified atom stereocenters. The molecule has 1 amide bonds. The lowest BCUT2D eigenvalue weighted by Crippen LogP contribution is -2.25. The van der Waals surface area contributed by atoms with E-state index in [-0.39, 0.29) is 11.4 Å². The number of carbonyl (C=O) groups is 1. The number of carbonyl (C=O) groups excluding carboxylic acids is 1. The Morgan fingerprint density at radius 2 is 1.94 bits per heavy atom. The summed E-state index contributed by atoms with van der Waals surface area (Å²) in [4.78, 5) is 12.5. The van der Waals surface area contributed by atoms with Crippen molar-refractivity contribution in [3.63, 3.8) is 0 Å². The SMILES string of the molecule is Cc1cc(/C=C(/C#N)C(=O)NCCCc2ccccc2)c(C)n1-c1ccc(Br)cc1F. The standard InChI is InChI=1S/C25H23BrFN3O/c1-17-13-20(18(2)30(17)24-11-10-22(26)15-23(24)27)14-21(16-28)25(31)29-12-6-9-19-7-4-3-5-8-19/h3-5,7-8,10-11,13-15H,6,9,12H2,1-2H3,(H,29,31)/b21-14-. The summed E-state index contributed by atoms with van der Waals surface area (Å²) in [5.41, 5.74) is 3.92. The van der Waals surface area contributed by atoms with E-state index in [1.807, 2.05) is 56.3 Å².